The molecule has 6 nitrogen and oxygen atoms in total. The number of benzene rings is 1. The molecule has 2 unspecified atom stereocenters. The number of aromatic nitrogens is 1. The maximum absolute atomic E-state index is 14.1. The van der Waals surface area contributed by atoms with Gasteiger partial charge in [0.2, 0.25) is 0 Å². The molecule has 2 aromatic rings. The van der Waals surface area contributed by atoms with Gasteiger partial charge < -0.3 is 15.2 Å². The maximum atomic E-state index is 14.1. The van der Waals surface area contributed by atoms with Gasteiger partial charge in [-0.2, -0.15) is 0 Å². The van der Waals surface area contributed by atoms with Crippen molar-refractivity contribution in [3.8, 4) is 0 Å². The number of halogens is 2. The number of pyridine rings is 1. The van der Waals surface area contributed by atoms with Crippen LogP contribution in [0.25, 0.3) is 0 Å². The predicted octanol–water partition coefficient (Wildman–Crippen LogP) is 5.18. The summed E-state index contributed by atoms with van der Waals surface area (Å²) in [6, 6.07) is 9.14. The molecule has 0 saturated carbocycles. The van der Waals surface area contributed by atoms with Gasteiger partial charge in [-0.05, 0) is 55.7 Å². The Labute approximate surface area is 205 Å². The summed E-state index contributed by atoms with van der Waals surface area (Å²) < 4.78 is 34.2. The van der Waals surface area contributed by atoms with E-state index in [1.807, 2.05) is 0 Å². The Morgan fingerprint density at radius 1 is 1.26 bits per heavy atom. The summed E-state index contributed by atoms with van der Waals surface area (Å²) in [7, 11) is 0. The normalized spacial score (nSPS) is 19.2. The van der Waals surface area contributed by atoms with Crippen molar-refractivity contribution >= 4 is 11.8 Å². The van der Waals surface area contributed by atoms with Gasteiger partial charge in [-0.25, -0.2) is 13.8 Å². The summed E-state index contributed by atoms with van der Waals surface area (Å²) >= 11 is 0. The minimum absolute atomic E-state index is 0.0838. The lowest BCUT2D eigenvalue weighted by Crippen LogP contribution is -2.35. The van der Waals surface area contributed by atoms with Crippen LogP contribution in [0.1, 0.15) is 67.5 Å². The molecule has 1 aromatic carbocycles. The highest BCUT2D eigenvalue weighted by atomic mass is 19.3. The molecule has 2 N–H and O–H groups in total. The summed E-state index contributed by atoms with van der Waals surface area (Å²) in [6.07, 6.45) is 6.79. The van der Waals surface area contributed by atoms with Crippen molar-refractivity contribution < 1.29 is 23.4 Å². The molecular weight excluding hydrogens is 452 g/mol. The maximum Gasteiger partial charge on any atom is 0.325 e. The minimum Gasteiger partial charge on any atom is -0.480 e. The van der Waals surface area contributed by atoms with Gasteiger partial charge in [0.15, 0.2) is 0 Å². The van der Waals surface area contributed by atoms with E-state index in [-0.39, 0.29) is 17.2 Å². The van der Waals surface area contributed by atoms with Gasteiger partial charge in [0.05, 0.1) is 6.10 Å². The largest absolute Gasteiger partial charge is 0.480 e. The van der Waals surface area contributed by atoms with Crippen LogP contribution in [-0.4, -0.2) is 53.3 Å². The molecule has 1 aromatic heterocycles. The molecule has 2 aliphatic heterocycles. The molecule has 35 heavy (non-hydrogen) atoms. The van der Waals surface area contributed by atoms with E-state index in [9.17, 15) is 18.7 Å². The molecule has 0 aliphatic carbocycles. The van der Waals surface area contributed by atoms with E-state index in [1.54, 1.807) is 11.0 Å². The number of ether oxygens (including phenoxy) is 1. The highest BCUT2D eigenvalue weighted by molar-refractivity contribution is 5.76. The Hall–Kier alpha value is -2.58. The fourth-order valence-corrected chi connectivity index (χ4v) is 5.09. The molecule has 0 radical (unpaired) electrons. The van der Waals surface area contributed by atoms with Crippen LogP contribution in [-0.2, 0) is 28.3 Å². The topological polar surface area (TPSA) is 74.7 Å². The van der Waals surface area contributed by atoms with Gasteiger partial charge in [-0.15, -0.1) is 0 Å². The molecule has 2 atom stereocenters. The van der Waals surface area contributed by atoms with E-state index in [1.165, 1.54) is 23.8 Å². The minimum atomic E-state index is -3.11. The molecule has 0 bridgehead atoms. The number of nitrogens with zero attached hydrogens (tertiary/aromatic N) is 2. The highest BCUT2D eigenvalue weighted by Gasteiger charge is 2.38. The number of likely N-dealkylation sites (tertiary alicyclic amines) is 1. The predicted molar refractivity (Wildman–Crippen MR) is 131 cm³/mol. The number of carboxylic acids is 1. The zero-order valence-corrected chi connectivity index (χ0v) is 20.3. The number of aryl methyl sites for hydroxylation is 2. The van der Waals surface area contributed by atoms with Gasteiger partial charge in [0.1, 0.15) is 11.9 Å². The van der Waals surface area contributed by atoms with Crippen molar-refractivity contribution in [1.82, 2.24) is 9.88 Å². The highest BCUT2D eigenvalue weighted by Crippen LogP contribution is 2.36. The van der Waals surface area contributed by atoms with Gasteiger partial charge in [0.25, 0.3) is 5.92 Å². The lowest BCUT2D eigenvalue weighted by molar-refractivity contribution is -0.143. The van der Waals surface area contributed by atoms with E-state index >= 15 is 0 Å². The van der Waals surface area contributed by atoms with Crippen molar-refractivity contribution in [2.45, 2.75) is 69.9 Å². The Bertz CT molecular complexity index is 1010. The van der Waals surface area contributed by atoms with Crippen LogP contribution in [0.15, 0.2) is 36.4 Å². The third kappa shape index (κ3) is 6.55. The number of hydrogen-bond donors (Lipinski definition) is 2. The van der Waals surface area contributed by atoms with Crippen LogP contribution in [0.4, 0.5) is 14.6 Å². The first kappa shape index (κ1) is 25.5. The number of alkyl halides is 2. The fourth-order valence-electron chi connectivity index (χ4n) is 5.09. The van der Waals surface area contributed by atoms with E-state index in [4.69, 9.17) is 9.72 Å². The van der Waals surface area contributed by atoms with E-state index in [2.05, 4.69) is 17.4 Å². The van der Waals surface area contributed by atoms with Crippen LogP contribution < -0.4 is 5.32 Å². The van der Waals surface area contributed by atoms with Gasteiger partial charge in [-0.1, -0.05) is 36.8 Å². The Morgan fingerprint density at radius 3 is 2.89 bits per heavy atom. The third-order valence-electron chi connectivity index (χ3n) is 6.89. The number of unbranched alkanes of at least 4 members (excludes halogenated alkanes) is 2. The van der Waals surface area contributed by atoms with Crippen molar-refractivity contribution in [2.24, 2.45) is 0 Å². The summed E-state index contributed by atoms with van der Waals surface area (Å²) in [5.41, 5.74) is 2.33. The monoisotopic (exact) mass is 487 g/mol. The summed E-state index contributed by atoms with van der Waals surface area (Å²) in [4.78, 5) is 18.5. The number of fused-ring (bicyclic) bond motifs is 1. The standard InChI is InChI=1S/C27H35F2N3O3/c1-27(28,29)23-11-5-4-10-22(23)24(26(33)34)32-16-14-21(18-32)35-17-6-2-3-9-20-13-12-19-8-7-15-30-25(19)31-20/h4-5,10-13,21,24H,2-3,6-9,14-18H2,1H3,(H,30,31)(H,33,34). The lowest BCUT2D eigenvalue weighted by Gasteiger charge is -2.27. The molecule has 0 spiro atoms. The third-order valence-corrected chi connectivity index (χ3v) is 6.89. The molecule has 0 amide bonds. The molecular formula is C27H35F2N3O3. The van der Waals surface area contributed by atoms with Crippen LogP contribution in [0.5, 0.6) is 0 Å². The number of anilines is 1. The molecule has 8 heteroatoms. The van der Waals surface area contributed by atoms with Crippen LogP contribution in [0.2, 0.25) is 0 Å². The Morgan fingerprint density at radius 2 is 2.09 bits per heavy atom. The Balaban J connectivity index is 1.21. The molecule has 4 rings (SSSR count). The molecule has 190 valence electrons. The van der Waals surface area contributed by atoms with Crippen molar-refractivity contribution in [1.29, 1.82) is 0 Å². The first-order valence-electron chi connectivity index (χ1n) is 12.6. The quantitative estimate of drug-likeness (QED) is 0.426. The summed E-state index contributed by atoms with van der Waals surface area (Å²) in [5, 5.41) is 13.2. The second-order valence-electron chi connectivity index (χ2n) is 9.64. The van der Waals surface area contributed by atoms with Crippen molar-refractivity contribution in [3.05, 3.63) is 58.8 Å². The zero-order chi connectivity index (χ0) is 24.8. The van der Waals surface area contributed by atoms with Gasteiger partial charge in [0, 0.05) is 44.4 Å². The molecule has 2 aliphatic rings. The number of carbonyl (C=O) groups is 1. The zero-order valence-electron chi connectivity index (χ0n) is 20.3. The SMILES string of the molecule is CC(F)(F)c1ccccc1C(C(=O)O)N1CCC(OCCCCCc2ccc3c(n2)NCCC3)C1. The smallest absolute Gasteiger partial charge is 0.325 e. The average molecular weight is 488 g/mol. The lowest BCUT2D eigenvalue weighted by atomic mass is 9.95. The number of rotatable bonds is 11. The number of aliphatic carboxylic acids is 1. The molecule has 1 saturated heterocycles. The molecule has 1 fully saturated rings. The second-order valence-corrected chi connectivity index (χ2v) is 9.64. The van der Waals surface area contributed by atoms with E-state index in [0.29, 0.717) is 26.1 Å². The van der Waals surface area contributed by atoms with Crippen LogP contribution in [0, 0.1) is 0 Å². The number of nitrogens with one attached hydrogen (secondary N) is 1. The summed E-state index contributed by atoms with van der Waals surface area (Å²) in [5.74, 6) is -3.19. The second kappa shape index (κ2) is 11.4. The average Bonchev–Trinajstić information content (AvgIpc) is 3.29. The van der Waals surface area contributed by atoms with Crippen LogP contribution >= 0.6 is 0 Å². The number of carboxylic acid groups (broad SMARTS) is 1. The van der Waals surface area contributed by atoms with Gasteiger partial charge in [-0.3, -0.25) is 9.69 Å². The first-order chi connectivity index (χ1) is 16.8. The van der Waals surface area contributed by atoms with E-state index in [0.717, 1.165) is 63.5 Å². The summed E-state index contributed by atoms with van der Waals surface area (Å²) in [6.45, 7) is 3.33. The fraction of sp³-hybridized carbons (Fsp3) is 0.556. The van der Waals surface area contributed by atoms with Gasteiger partial charge >= 0.3 is 5.97 Å². The molecule has 3 heterocycles. The van der Waals surface area contributed by atoms with Crippen molar-refractivity contribution in [3.63, 3.8) is 0 Å². The van der Waals surface area contributed by atoms with Crippen molar-refractivity contribution in [2.75, 3.05) is 31.6 Å². The van der Waals surface area contributed by atoms with Crippen LogP contribution in [0.3, 0.4) is 0 Å². The Kier molecular flexibility index (Phi) is 8.34. The number of hydrogen-bond acceptors (Lipinski definition) is 5. The first-order valence-corrected chi connectivity index (χ1v) is 12.6. The van der Waals surface area contributed by atoms with E-state index < -0.39 is 17.9 Å².